The van der Waals surface area contributed by atoms with Gasteiger partial charge in [-0.05, 0) is 12.8 Å². The van der Waals surface area contributed by atoms with Crippen molar-refractivity contribution in [2.45, 2.75) is 19.1 Å². The van der Waals surface area contributed by atoms with Crippen molar-refractivity contribution in [3.8, 4) is 0 Å². The number of rotatable bonds is 2. The zero-order chi connectivity index (χ0) is 7.56. The van der Waals surface area contributed by atoms with Crippen molar-refractivity contribution >= 4 is 5.91 Å². The molecule has 0 radical (unpaired) electrons. The Morgan fingerprint density at radius 2 is 2.50 bits per heavy atom. The van der Waals surface area contributed by atoms with Crippen LogP contribution < -0.4 is 5.73 Å². The Balaban J connectivity index is 2.33. The van der Waals surface area contributed by atoms with Gasteiger partial charge in [0.15, 0.2) is 0 Å². The van der Waals surface area contributed by atoms with E-state index in [9.17, 15) is 4.79 Å². The van der Waals surface area contributed by atoms with Crippen LogP contribution in [0.3, 0.4) is 0 Å². The number of hydrogen-bond donors (Lipinski definition) is 2. The van der Waals surface area contributed by atoms with E-state index in [1.165, 1.54) is 0 Å². The molecular formula is C6H12N2O2. The summed E-state index contributed by atoms with van der Waals surface area (Å²) in [6.07, 6.45) is 1.26. The normalized spacial score (nSPS) is 27.1. The van der Waals surface area contributed by atoms with Gasteiger partial charge in [-0.25, -0.2) is 0 Å². The molecule has 0 bridgehead atoms. The number of likely N-dealkylation sites (tertiary alicyclic amines) is 1. The van der Waals surface area contributed by atoms with Crippen LogP contribution in [0.4, 0.5) is 0 Å². The molecule has 0 aliphatic carbocycles. The van der Waals surface area contributed by atoms with Crippen molar-refractivity contribution in [1.29, 1.82) is 0 Å². The maximum Gasteiger partial charge on any atom is 0.231 e. The molecule has 10 heavy (non-hydrogen) atoms. The molecule has 0 aromatic rings. The number of aliphatic hydroxyl groups is 1. The maximum atomic E-state index is 10.4. The number of hydrogen-bond acceptors (Lipinski definition) is 3. The van der Waals surface area contributed by atoms with Gasteiger partial charge in [0.05, 0.1) is 6.54 Å². The van der Waals surface area contributed by atoms with Crippen molar-refractivity contribution in [3.63, 3.8) is 0 Å². The molecule has 0 aromatic carbocycles. The molecule has 1 saturated heterocycles. The number of nitrogens with zero attached hydrogens (tertiary/aromatic N) is 1. The molecule has 1 aliphatic rings. The van der Waals surface area contributed by atoms with E-state index >= 15 is 0 Å². The first kappa shape index (κ1) is 7.50. The summed E-state index contributed by atoms with van der Waals surface area (Å²) < 4.78 is 0. The van der Waals surface area contributed by atoms with Crippen LogP contribution in [0.5, 0.6) is 0 Å². The zero-order valence-electron chi connectivity index (χ0n) is 5.79. The number of amides is 1. The van der Waals surface area contributed by atoms with Gasteiger partial charge >= 0.3 is 0 Å². The standard InChI is InChI=1S/C6H12N2O2/c7-5(9)4-8-3-1-2-6(8)10/h6,10H,1-4H2,(H2,7,9)/t6-/m0/s1. The summed E-state index contributed by atoms with van der Waals surface area (Å²) >= 11 is 0. The quantitative estimate of drug-likeness (QED) is 0.516. The molecule has 4 heteroatoms. The highest BCUT2D eigenvalue weighted by molar-refractivity contribution is 5.75. The first-order valence-electron chi connectivity index (χ1n) is 3.40. The second-order valence-electron chi connectivity index (χ2n) is 2.56. The van der Waals surface area contributed by atoms with Crippen LogP contribution in [0, 0.1) is 0 Å². The van der Waals surface area contributed by atoms with Crippen LogP contribution in [0.1, 0.15) is 12.8 Å². The Labute approximate surface area is 59.6 Å². The fourth-order valence-electron chi connectivity index (χ4n) is 1.19. The Bertz CT molecular complexity index is 138. The lowest BCUT2D eigenvalue weighted by Crippen LogP contribution is -2.36. The van der Waals surface area contributed by atoms with Crippen LogP contribution in [0.2, 0.25) is 0 Å². The Morgan fingerprint density at radius 3 is 2.90 bits per heavy atom. The molecular weight excluding hydrogens is 132 g/mol. The highest BCUT2D eigenvalue weighted by Gasteiger charge is 2.22. The van der Waals surface area contributed by atoms with Gasteiger partial charge < -0.3 is 10.8 Å². The van der Waals surface area contributed by atoms with E-state index in [0.717, 1.165) is 19.4 Å². The Hall–Kier alpha value is -0.610. The molecule has 58 valence electrons. The van der Waals surface area contributed by atoms with Gasteiger partial charge in [0.25, 0.3) is 0 Å². The third-order valence-electron chi connectivity index (χ3n) is 1.69. The van der Waals surface area contributed by atoms with Crippen molar-refractivity contribution in [3.05, 3.63) is 0 Å². The van der Waals surface area contributed by atoms with Gasteiger partial charge in [-0.2, -0.15) is 0 Å². The largest absolute Gasteiger partial charge is 0.378 e. The third-order valence-corrected chi connectivity index (χ3v) is 1.69. The smallest absolute Gasteiger partial charge is 0.231 e. The summed E-state index contributed by atoms with van der Waals surface area (Å²) in [5, 5.41) is 9.16. The molecule has 1 aliphatic heterocycles. The van der Waals surface area contributed by atoms with Crippen LogP contribution >= 0.6 is 0 Å². The first-order valence-corrected chi connectivity index (χ1v) is 3.40. The molecule has 1 heterocycles. The van der Waals surface area contributed by atoms with Gasteiger partial charge in [-0.3, -0.25) is 9.69 Å². The summed E-state index contributed by atoms with van der Waals surface area (Å²) in [7, 11) is 0. The second-order valence-corrected chi connectivity index (χ2v) is 2.56. The van der Waals surface area contributed by atoms with Gasteiger partial charge in [0.2, 0.25) is 5.91 Å². The van der Waals surface area contributed by atoms with Gasteiger partial charge in [-0.1, -0.05) is 0 Å². The molecule has 1 atom stereocenters. The number of nitrogens with two attached hydrogens (primary N) is 1. The number of aliphatic hydroxyl groups excluding tert-OH is 1. The summed E-state index contributed by atoms with van der Waals surface area (Å²) in [4.78, 5) is 12.1. The van der Waals surface area contributed by atoms with Gasteiger partial charge in [-0.15, -0.1) is 0 Å². The topological polar surface area (TPSA) is 66.6 Å². The summed E-state index contributed by atoms with van der Waals surface area (Å²) in [6.45, 7) is 0.964. The van der Waals surface area contributed by atoms with Crippen molar-refractivity contribution in [2.75, 3.05) is 13.1 Å². The minimum Gasteiger partial charge on any atom is -0.378 e. The monoisotopic (exact) mass is 144 g/mol. The van der Waals surface area contributed by atoms with Crippen LogP contribution in [0.25, 0.3) is 0 Å². The minimum absolute atomic E-state index is 0.182. The van der Waals surface area contributed by atoms with Crippen molar-refractivity contribution in [2.24, 2.45) is 5.73 Å². The fourth-order valence-corrected chi connectivity index (χ4v) is 1.19. The van der Waals surface area contributed by atoms with Crippen LogP contribution in [0.15, 0.2) is 0 Å². The first-order chi connectivity index (χ1) is 4.70. The fraction of sp³-hybridized carbons (Fsp3) is 0.833. The van der Waals surface area contributed by atoms with E-state index in [1.54, 1.807) is 4.90 Å². The minimum atomic E-state index is -0.451. The molecule has 1 amide bonds. The lowest BCUT2D eigenvalue weighted by Gasteiger charge is -2.16. The van der Waals surface area contributed by atoms with Gasteiger partial charge in [0, 0.05) is 6.54 Å². The van der Waals surface area contributed by atoms with E-state index in [-0.39, 0.29) is 12.5 Å². The predicted molar refractivity (Wildman–Crippen MR) is 36.0 cm³/mol. The second kappa shape index (κ2) is 2.98. The van der Waals surface area contributed by atoms with E-state index in [4.69, 9.17) is 10.8 Å². The molecule has 1 rings (SSSR count). The molecule has 1 fully saturated rings. The van der Waals surface area contributed by atoms with Crippen molar-refractivity contribution < 1.29 is 9.90 Å². The lowest BCUT2D eigenvalue weighted by molar-refractivity contribution is -0.121. The number of carbonyl (C=O) groups excluding carboxylic acids is 1. The molecule has 0 unspecified atom stereocenters. The highest BCUT2D eigenvalue weighted by atomic mass is 16.3. The molecule has 0 saturated carbocycles. The molecule has 0 aromatic heterocycles. The van der Waals surface area contributed by atoms with E-state index < -0.39 is 6.23 Å². The number of carbonyl (C=O) groups is 1. The predicted octanol–water partition coefficient (Wildman–Crippen LogP) is -1.11. The Kier molecular flexibility index (Phi) is 2.24. The molecule has 3 N–H and O–H groups in total. The van der Waals surface area contributed by atoms with Gasteiger partial charge in [0.1, 0.15) is 6.23 Å². The Morgan fingerprint density at radius 1 is 1.80 bits per heavy atom. The lowest BCUT2D eigenvalue weighted by atomic mass is 10.4. The third kappa shape index (κ3) is 1.68. The maximum absolute atomic E-state index is 10.4. The summed E-state index contributed by atoms with van der Waals surface area (Å²) in [5.74, 6) is -0.374. The summed E-state index contributed by atoms with van der Waals surface area (Å²) in [5.41, 5.74) is 4.94. The van der Waals surface area contributed by atoms with Crippen LogP contribution in [-0.2, 0) is 4.79 Å². The SMILES string of the molecule is NC(=O)CN1CCC[C@@H]1O. The van der Waals surface area contributed by atoms with Crippen molar-refractivity contribution in [1.82, 2.24) is 4.90 Å². The van der Waals surface area contributed by atoms with E-state index in [0.29, 0.717) is 0 Å². The van der Waals surface area contributed by atoms with E-state index in [2.05, 4.69) is 0 Å². The van der Waals surface area contributed by atoms with E-state index in [1.807, 2.05) is 0 Å². The highest BCUT2D eigenvalue weighted by Crippen LogP contribution is 2.12. The van der Waals surface area contributed by atoms with Crippen LogP contribution in [-0.4, -0.2) is 35.2 Å². The summed E-state index contributed by atoms with van der Waals surface area (Å²) in [6, 6.07) is 0. The number of primary amides is 1. The average molecular weight is 144 g/mol. The molecule has 0 spiro atoms. The molecule has 4 nitrogen and oxygen atoms in total. The average Bonchev–Trinajstić information content (AvgIpc) is 2.15. The zero-order valence-corrected chi connectivity index (χ0v) is 5.79.